The highest BCUT2D eigenvalue weighted by Gasteiger charge is 2.37. The Kier molecular flexibility index (Phi) is 7.36. The van der Waals surface area contributed by atoms with E-state index in [1.165, 1.54) is 26.3 Å². The van der Waals surface area contributed by atoms with Crippen LogP contribution in [0.1, 0.15) is 32.4 Å². The van der Waals surface area contributed by atoms with E-state index >= 15 is 0 Å². The van der Waals surface area contributed by atoms with E-state index < -0.39 is 12.1 Å². The minimum Gasteiger partial charge on any atom is -0.496 e. The predicted octanol–water partition coefficient (Wildman–Crippen LogP) is 4.83. The van der Waals surface area contributed by atoms with Crippen molar-refractivity contribution in [1.82, 2.24) is 10.4 Å². The maximum absolute atomic E-state index is 13.7. The second-order valence-electron chi connectivity index (χ2n) is 7.28. The maximum atomic E-state index is 13.7. The fourth-order valence-corrected chi connectivity index (χ4v) is 4.82. The monoisotopic (exact) mass is 685 g/mol. The molecule has 0 aromatic heterocycles. The van der Waals surface area contributed by atoms with E-state index in [0.717, 1.165) is 7.14 Å². The first-order valence-electron chi connectivity index (χ1n) is 10.1. The zero-order chi connectivity index (χ0) is 24.4. The van der Waals surface area contributed by atoms with Gasteiger partial charge in [0.15, 0.2) is 17.7 Å². The molecule has 0 fully saturated rings. The lowest BCUT2D eigenvalue weighted by molar-refractivity contribution is 0.0487. The normalized spacial score (nSPS) is 14.7. The summed E-state index contributed by atoms with van der Waals surface area (Å²) in [5, 5.41) is 4.65. The van der Waals surface area contributed by atoms with Gasteiger partial charge < -0.3 is 19.5 Å². The molecule has 1 atom stereocenters. The lowest BCUT2D eigenvalue weighted by atomic mass is 10.0. The topological polar surface area (TPSA) is 89.1 Å². The van der Waals surface area contributed by atoms with Gasteiger partial charge in [0.25, 0.3) is 11.8 Å². The molecule has 0 saturated carbocycles. The van der Waals surface area contributed by atoms with Crippen LogP contribution in [0.4, 0.5) is 5.69 Å². The molecule has 0 bridgehead atoms. The first-order valence-corrected chi connectivity index (χ1v) is 12.3. The average molecular weight is 685 g/mol. The van der Waals surface area contributed by atoms with Gasteiger partial charge in [0.2, 0.25) is 0 Å². The van der Waals surface area contributed by atoms with Crippen LogP contribution in [-0.4, -0.2) is 38.2 Å². The summed E-state index contributed by atoms with van der Waals surface area (Å²) in [5.41, 5.74) is 4.94. The van der Waals surface area contributed by atoms with Gasteiger partial charge in [0, 0.05) is 24.5 Å². The number of methoxy groups -OCH3 is 3. The van der Waals surface area contributed by atoms with E-state index in [2.05, 4.69) is 55.9 Å². The number of hydrogen-bond acceptors (Lipinski definition) is 6. The van der Waals surface area contributed by atoms with Crippen molar-refractivity contribution in [3.63, 3.8) is 0 Å². The van der Waals surface area contributed by atoms with Gasteiger partial charge in [-0.25, -0.2) is 5.01 Å². The van der Waals surface area contributed by atoms with Crippen molar-refractivity contribution in [2.24, 2.45) is 0 Å². The molecule has 4 rings (SSSR count). The number of halogens is 2. The molecule has 0 aliphatic carbocycles. The van der Waals surface area contributed by atoms with Crippen LogP contribution in [0.25, 0.3) is 0 Å². The summed E-state index contributed by atoms with van der Waals surface area (Å²) in [6, 6.07) is 16.1. The van der Waals surface area contributed by atoms with Crippen molar-refractivity contribution in [2.45, 2.75) is 6.17 Å². The Morgan fingerprint density at radius 2 is 1.62 bits per heavy atom. The maximum Gasteiger partial charge on any atom is 0.276 e. The van der Waals surface area contributed by atoms with Crippen LogP contribution < -0.4 is 25.0 Å². The summed E-state index contributed by atoms with van der Waals surface area (Å²) < 4.78 is 18.2. The summed E-state index contributed by atoms with van der Waals surface area (Å²) in [4.78, 5) is 26.8. The van der Waals surface area contributed by atoms with Crippen molar-refractivity contribution < 1.29 is 23.8 Å². The molecule has 34 heavy (non-hydrogen) atoms. The molecule has 3 aromatic carbocycles. The van der Waals surface area contributed by atoms with Crippen LogP contribution in [-0.2, 0) is 0 Å². The summed E-state index contributed by atoms with van der Waals surface area (Å²) >= 11 is 4.24. The van der Waals surface area contributed by atoms with E-state index in [9.17, 15) is 9.59 Å². The number of hydrogen-bond donors (Lipinski definition) is 2. The number of benzene rings is 3. The number of ether oxygens (including phenoxy) is 3. The zero-order valence-electron chi connectivity index (χ0n) is 18.5. The molecule has 0 radical (unpaired) electrons. The van der Waals surface area contributed by atoms with Gasteiger partial charge in [-0.1, -0.05) is 12.1 Å². The van der Waals surface area contributed by atoms with Crippen LogP contribution in [0.5, 0.6) is 17.2 Å². The number of carbonyl (C=O) groups excluding carboxylic acids is 2. The molecular weight excluding hydrogens is 664 g/mol. The third kappa shape index (κ3) is 4.60. The molecule has 3 aromatic rings. The third-order valence-electron chi connectivity index (χ3n) is 5.35. The highest BCUT2D eigenvalue weighted by molar-refractivity contribution is 14.1. The number of amides is 2. The number of nitrogens with zero attached hydrogens (tertiary/aromatic N) is 1. The van der Waals surface area contributed by atoms with Gasteiger partial charge in [-0.3, -0.25) is 15.0 Å². The summed E-state index contributed by atoms with van der Waals surface area (Å²) in [7, 11) is 4.59. The summed E-state index contributed by atoms with van der Waals surface area (Å²) in [5.74, 6) is 0.650. The van der Waals surface area contributed by atoms with Crippen LogP contribution in [0.15, 0.2) is 54.6 Å². The van der Waals surface area contributed by atoms with Gasteiger partial charge in [-0.05, 0) is 81.6 Å². The Balaban J connectivity index is 1.83. The fraction of sp³-hybridized carbons (Fsp3) is 0.167. The minimum absolute atomic E-state index is 0.353. The van der Waals surface area contributed by atoms with E-state index in [0.29, 0.717) is 39.6 Å². The van der Waals surface area contributed by atoms with E-state index in [1.54, 1.807) is 30.3 Å². The number of hydrazine groups is 1. The zero-order valence-corrected chi connectivity index (χ0v) is 22.8. The molecule has 2 amide bonds. The van der Waals surface area contributed by atoms with Crippen molar-refractivity contribution in [2.75, 3.05) is 26.6 Å². The molecule has 2 N–H and O–H groups in total. The van der Waals surface area contributed by atoms with Crippen molar-refractivity contribution in [3.8, 4) is 17.2 Å². The highest BCUT2D eigenvalue weighted by Crippen LogP contribution is 2.41. The smallest absolute Gasteiger partial charge is 0.276 e. The van der Waals surface area contributed by atoms with Gasteiger partial charge in [0.05, 0.1) is 32.5 Å². The lowest BCUT2D eigenvalue weighted by Crippen LogP contribution is -2.53. The largest absolute Gasteiger partial charge is 0.496 e. The Bertz CT molecular complexity index is 1270. The molecular formula is C24H21I2N3O5. The summed E-state index contributed by atoms with van der Waals surface area (Å²) in [6.45, 7) is 0. The molecule has 1 unspecified atom stereocenters. The van der Waals surface area contributed by atoms with Gasteiger partial charge >= 0.3 is 0 Å². The Labute approximate surface area is 224 Å². The molecule has 1 heterocycles. The quantitative estimate of drug-likeness (QED) is 0.362. The van der Waals surface area contributed by atoms with Crippen LogP contribution in [0.2, 0.25) is 0 Å². The number of carbonyl (C=O) groups is 2. The second kappa shape index (κ2) is 10.3. The summed E-state index contributed by atoms with van der Waals surface area (Å²) in [6.07, 6.45) is -0.778. The number of fused-ring (bicyclic) bond motifs is 1. The number of nitrogens with one attached hydrogen (secondary N) is 2. The van der Waals surface area contributed by atoms with Crippen molar-refractivity contribution >= 4 is 62.7 Å². The van der Waals surface area contributed by atoms with E-state index in [-0.39, 0.29) is 5.91 Å². The first kappa shape index (κ1) is 24.4. The highest BCUT2D eigenvalue weighted by atomic mass is 127. The second-order valence-corrected chi connectivity index (χ2v) is 9.69. The predicted molar refractivity (Wildman–Crippen MR) is 144 cm³/mol. The fourth-order valence-electron chi connectivity index (χ4n) is 3.69. The third-order valence-corrected chi connectivity index (χ3v) is 6.96. The van der Waals surface area contributed by atoms with Crippen LogP contribution in [0, 0.1) is 7.14 Å². The standard InChI is InChI=1S/C24H21I2N3O5/c1-32-19-12-21(34-3)20(33-2)11-16(19)22-27-18-9-8-13(25)10-15(18)24(31)29(22)28-23(30)14-6-4-5-7-17(14)26/h4-12,22,27H,1-3H3,(H,28,30). The molecule has 0 saturated heterocycles. The van der Waals surface area contributed by atoms with Crippen LogP contribution >= 0.6 is 45.2 Å². The molecule has 8 nitrogen and oxygen atoms in total. The van der Waals surface area contributed by atoms with Crippen molar-refractivity contribution in [3.05, 3.63) is 78.4 Å². The Hall–Kier alpha value is -2.74. The average Bonchev–Trinajstić information content (AvgIpc) is 2.85. The van der Waals surface area contributed by atoms with E-state index in [4.69, 9.17) is 14.2 Å². The molecule has 1 aliphatic heterocycles. The lowest BCUT2D eigenvalue weighted by Gasteiger charge is -2.38. The molecule has 1 aliphatic rings. The molecule has 176 valence electrons. The Morgan fingerprint density at radius 1 is 0.941 bits per heavy atom. The van der Waals surface area contributed by atoms with Gasteiger partial charge in [-0.15, -0.1) is 0 Å². The van der Waals surface area contributed by atoms with Crippen molar-refractivity contribution in [1.29, 1.82) is 0 Å². The van der Waals surface area contributed by atoms with E-state index in [1.807, 2.05) is 24.3 Å². The van der Waals surface area contributed by atoms with Gasteiger partial charge in [0.1, 0.15) is 5.75 Å². The minimum atomic E-state index is -0.778. The number of anilines is 1. The first-order chi connectivity index (χ1) is 16.4. The molecule has 0 spiro atoms. The Morgan fingerprint density at radius 3 is 2.29 bits per heavy atom. The van der Waals surface area contributed by atoms with Gasteiger partial charge in [-0.2, -0.15) is 0 Å². The molecule has 10 heteroatoms. The van der Waals surface area contributed by atoms with Crippen LogP contribution in [0.3, 0.4) is 0 Å². The number of rotatable bonds is 6. The SMILES string of the molecule is COc1cc(OC)c(C2Nc3ccc(I)cc3C(=O)N2NC(=O)c2ccccc2I)cc1OC.